The number of benzene rings is 7. The number of nitrogens with zero attached hydrogens (tertiary/aromatic N) is 2. The smallest absolute Gasteiger partial charge is 0.218 e. The van der Waals surface area contributed by atoms with Crippen molar-refractivity contribution in [2.24, 2.45) is 16.2 Å². The second-order valence-electron chi connectivity index (χ2n) is 35.0. The molecule has 0 aliphatic heterocycles. The van der Waals surface area contributed by atoms with Crippen molar-refractivity contribution in [1.82, 2.24) is 9.13 Å². The predicted octanol–water partition coefficient (Wildman–Crippen LogP) is 23.9. The van der Waals surface area contributed by atoms with Crippen molar-refractivity contribution in [2.75, 3.05) is 13.2 Å². The van der Waals surface area contributed by atoms with Gasteiger partial charge in [0.25, 0.3) is 0 Å². The molecule has 0 spiro atoms. The molecule has 2 unspecified atom stereocenters. The van der Waals surface area contributed by atoms with Crippen LogP contribution in [0, 0.1) is 44.9 Å². The minimum atomic E-state index is -1.83. The van der Waals surface area contributed by atoms with Crippen molar-refractivity contribution < 1.29 is 45.5 Å². The molecule has 2 atom stereocenters. The van der Waals surface area contributed by atoms with E-state index in [1.807, 2.05) is 0 Å². The molecule has 94 heavy (non-hydrogen) atoms. The van der Waals surface area contributed by atoms with Gasteiger partial charge in [-0.05, 0) is 181 Å². The summed E-state index contributed by atoms with van der Waals surface area (Å²) < 4.78 is 19.1. The van der Waals surface area contributed by atoms with E-state index in [2.05, 4.69) is 315 Å². The average molecular weight is 1430 g/mol. The van der Waals surface area contributed by atoms with E-state index in [0.29, 0.717) is 18.8 Å². The topological polar surface area (TPSA) is 68.8 Å². The van der Waals surface area contributed by atoms with Crippen LogP contribution in [0.4, 0.5) is 0 Å². The van der Waals surface area contributed by atoms with Gasteiger partial charge in [0.05, 0.1) is 29.9 Å². The van der Waals surface area contributed by atoms with Crippen LogP contribution in [0.3, 0.4) is 0 Å². The number of aromatic hydroxyl groups is 1. The molecule has 0 bridgehead atoms. The Kier molecular flexibility index (Phi) is 21.2. The third kappa shape index (κ3) is 15.1. The van der Waals surface area contributed by atoms with Gasteiger partial charge in [-0.3, -0.25) is 0 Å². The van der Waals surface area contributed by atoms with Crippen LogP contribution >= 0.6 is 0 Å². The van der Waals surface area contributed by atoms with Crippen molar-refractivity contribution in [3.63, 3.8) is 0 Å². The molecule has 0 fully saturated rings. The second kappa shape index (κ2) is 26.4. The quantitative estimate of drug-likeness (QED) is 0.0493. The number of para-hydroxylation sites is 1. The number of hydrogen-bond donors (Lipinski definition) is 2. The number of ether oxygens (including phenoxy) is 2. The van der Waals surface area contributed by atoms with E-state index in [1.165, 1.54) is 38.6 Å². The Bertz CT molecular complexity index is 4180. The van der Waals surface area contributed by atoms with Crippen LogP contribution in [-0.2, 0) is 57.7 Å². The van der Waals surface area contributed by atoms with Crippen LogP contribution in [0.1, 0.15) is 222 Å². The second-order valence-corrected chi connectivity index (χ2v) is 35.0. The minimum Gasteiger partial charge on any atom is -0.505 e. The number of aliphatic hydroxyl groups is 1. The van der Waals surface area contributed by atoms with Crippen molar-refractivity contribution in [1.29, 1.82) is 0 Å². The summed E-state index contributed by atoms with van der Waals surface area (Å²) in [6.45, 7) is 55.3. The van der Waals surface area contributed by atoms with Gasteiger partial charge in [0.1, 0.15) is 17.5 Å². The summed E-state index contributed by atoms with van der Waals surface area (Å²) in [5.74, 6) is -0.925. The average Bonchev–Trinajstić information content (AvgIpc) is 1.50. The van der Waals surface area contributed by atoms with Gasteiger partial charge in [0.15, 0.2) is 0 Å². The fraction of sp³-hybridized carbons (Fsp3) is 0.448. The maximum Gasteiger partial charge on any atom is 0.218 e. The number of aryl methyl sites for hydroxylation is 2. The summed E-state index contributed by atoms with van der Waals surface area (Å²) >= 11 is 0. The molecule has 0 radical (unpaired) electrons. The van der Waals surface area contributed by atoms with E-state index in [1.54, 1.807) is 0 Å². The molecule has 7 heteroatoms. The number of phenolic OH excluding ortho intramolecular Hbond substituents is 1. The maximum absolute atomic E-state index is 14.3. The summed E-state index contributed by atoms with van der Waals surface area (Å²) in [6.07, 6.45) is 6.88. The number of fused-ring (bicyclic) bond motifs is 6. The van der Waals surface area contributed by atoms with Crippen LogP contribution in [0.15, 0.2) is 145 Å². The Morgan fingerprint density at radius 2 is 0.926 bits per heavy atom. The molecule has 0 saturated carbocycles. The summed E-state index contributed by atoms with van der Waals surface area (Å²) in [5, 5.41) is 32.2. The zero-order valence-electron chi connectivity index (χ0n) is 62.5. The van der Waals surface area contributed by atoms with Crippen LogP contribution < -0.4 is 4.74 Å². The van der Waals surface area contributed by atoms with E-state index in [9.17, 15) is 10.2 Å². The summed E-state index contributed by atoms with van der Waals surface area (Å²) in [6, 6.07) is 46.2. The molecule has 1 aliphatic carbocycles. The van der Waals surface area contributed by atoms with Crippen LogP contribution in [0.2, 0.25) is 0 Å². The molecule has 2 heterocycles. The first-order chi connectivity index (χ1) is 42.0. The number of rotatable bonds is 14. The molecule has 10 rings (SSSR count). The molecule has 0 saturated heterocycles. The molecule has 502 valence electrons. The van der Waals surface area contributed by atoms with Crippen molar-refractivity contribution in [2.45, 2.75) is 224 Å². The van der Waals surface area contributed by atoms with Gasteiger partial charge in [-0.2, -0.15) is 0 Å². The first-order valence-corrected chi connectivity index (χ1v) is 33.6. The Hall–Kier alpha value is -5.99. The molecule has 1 aliphatic rings. The Labute approximate surface area is 586 Å². The number of hydrogen-bond acceptors (Lipinski definition) is 4. The van der Waals surface area contributed by atoms with Gasteiger partial charge in [-0.1, -0.05) is 231 Å². The first-order valence-electron chi connectivity index (χ1n) is 33.6. The normalized spacial score (nSPS) is 16.2. The predicted molar refractivity (Wildman–Crippen MR) is 402 cm³/mol. The maximum atomic E-state index is 14.3. The van der Waals surface area contributed by atoms with Gasteiger partial charge >= 0.3 is 0 Å². The number of aromatic nitrogens is 2. The molecule has 2 aromatic heterocycles. The first kappa shape index (κ1) is 75.4. The van der Waals surface area contributed by atoms with Gasteiger partial charge in [-0.15, -0.1) is 0 Å². The Morgan fingerprint density at radius 1 is 0.479 bits per heavy atom. The zero-order valence-corrected chi connectivity index (χ0v) is 66.1. The van der Waals surface area contributed by atoms with Crippen LogP contribution in [0.25, 0.3) is 66.0 Å². The summed E-state index contributed by atoms with van der Waals surface area (Å²) in [4.78, 5) is 0. The Balaban J connectivity index is 0.00000417. The zero-order chi connectivity index (χ0) is 66.7. The standard InChI is InChI=1S/C85H108N2O4.2CH3.Hf/c1-53-28-25-30-55(42-53)68-48-61(84(23,24)52-78(6,7)8)50-74(87-71-38-34-58(81(15,16)17)45-65(71)66-46-59(82(18,19)20)35-39-72(66)87)85(68,89)91-41-27-40-90-76-54(2)29-26-31-62(76)67-47-60(83(21,22)51-77(3,4)5)49-73(75(67)88)86-69-36-32-56(79(9,10)11)43-63(69)64-44-57(80(12,13)14)33-37-70(64)86;;;/h25-26,28-39,42-50,74,88-89H,27,40-41,51-52H2,1-24H3;2*1H3;/q;2*-1;. The van der Waals surface area contributed by atoms with Crippen molar-refractivity contribution >= 4 is 49.2 Å². The molecule has 7 aromatic carbocycles. The molecule has 6 nitrogen and oxygen atoms in total. The van der Waals surface area contributed by atoms with E-state index >= 15 is 0 Å². The SMILES string of the molecule is Cc1cccc(C2=CC(C(C)(C)CC(C)(C)C)=CC(n3c4ccc(C(C)(C)C)cc4c4cc(C(C)(C)C)ccc43)C2(O)OCCCOc2c(C)cccc2-c2cc(C(C)(C)CC(C)(C)C)cc(-n3c4ccc(C(C)(C)C)cc4c4cc(C(C)(C)C)ccc43)c2O)c1.[CH3-].[CH3-].[Hf]. The monoisotopic (exact) mass is 1430 g/mol. The summed E-state index contributed by atoms with van der Waals surface area (Å²) in [7, 11) is 0. The van der Waals surface area contributed by atoms with Gasteiger partial charge in [-0.25, -0.2) is 0 Å². The van der Waals surface area contributed by atoms with E-state index in [0.717, 1.165) is 90.3 Å². The van der Waals surface area contributed by atoms with Crippen LogP contribution in [0.5, 0.6) is 11.5 Å². The van der Waals surface area contributed by atoms with Crippen LogP contribution in [-0.4, -0.2) is 38.3 Å². The molecular weight excluding hydrogens is 1320 g/mol. The fourth-order valence-corrected chi connectivity index (χ4v) is 14.9. The fourth-order valence-electron chi connectivity index (χ4n) is 14.9. The van der Waals surface area contributed by atoms with E-state index in [4.69, 9.17) is 9.47 Å². The van der Waals surface area contributed by atoms with Crippen molar-refractivity contribution in [3.05, 3.63) is 204 Å². The van der Waals surface area contributed by atoms with Gasteiger partial charge < -0.3 is 43.7 Å². The number of phenols is 1. The van der Waals surface area contributed by atoms with Gasteiger partial charge in [0, 0.05) is 81.5 Å². The largest absolute Gasteiger partial charge is 0.505 e. The molecule has 2 N–H and O–H groups in total. The molecular formula is C87H114HfN2O4-2. The minimum absolute atomic E-state index is 0. The summed E-state index contributed by atoms with van der Waals surface area (Å²) in [5.41, 5.74) is 16.8. The molecule has 0 amide bonds. The van der Waals surface area contributed by atoms with E-state index in [-0.39, 0.29) is 96.4 Å². The third-order valence-electron chi connectivity index (χ3n) is 19.3. The van der Waals surface area contributed by atoms with E-state index < -0.39 is 11.8 Å². The van der Waals surface area contributed by atoms with Gasteiger partial charge in [0.2, 0.25) is 5.79 Å². The number of allylic oxidation sites excluding steroid dienone is 2. The molecule has 9 aromatic rings. The third-order valence-corrected chi connectivity index (χ3v) is 19.3. The van der Waals surface area contributed by atoms with Crippen molar-refractivity contribution in [3.8, 4) is 28.3 Å². The Morgan fingerprint density at radius 3 is 1.38 bits per heavy atom.